The highest BCUT2D eigenvalue weighted by atomic mass is 19.1. The summed E-state index contributed by atoms with van der Waals surface area (Å²) in [5.74, 6) is 1.13. The summed E-state index contributed by atoms with van der Waals surface area (Å²) in [6, 6.07) is 13.6. The number of hydrogen-bond acceptors (Lipinski definition) is 5. The minimum absolute atomic E-state index is 0.156. The molecule has 0 aliphatic carbocycles. The Balaban J connectivity index is 1.56. The number of rotatable bonds is 10. The molecule has 0 fully saturated rings. The molecule has 154 valence electrons. The number of halogens is 1. The highest BCUT2D eigenvalue weighted by Gasteiger charge is 2.22. The van der Waals surface area contributed by atoms with Crippen LogP contribution in [0, 0.1) is 5.82 Å². The second-order valence-electron chi connectivity index (χ2n) is 6.78. The molecule has 0 amide bonds. The Bertz CT molecular complexity index is 898. The van der Waals surface area contributed by atoms with Crippen molar-refractivity contribution in [3.63, 3.8) is 0 Å². The fraction of sp³-hybridized carbons (Fsp3) is 0.318. The van der Waals surface area contributed by atoms with Gasteiger partial charge < -0.3 is 24.5 Å². The predicted molar refractivity (Wildman–Crippen MR) is 108 cm³/mol. The molecule has 2 N–H and O–H groups in total. The lowest BCUT2D eigenvalue weighted by Gasteiger charge is -2.21. The number of hydrogen-bond donors (Lipinski definition) is 2. The van der Waals surface area contributed by atoms with E-state index in [-0.39, 0.29) is 19.0 Å². The molecule has 0 radical (unpaired) electrons. The standard InChI is InChI=1S/C22H26FN3O3/c1-26-12-11-24-22(26)21(19-5-3-4-6-20(19)23)25-13-17(27)15-29-14-16-7-9-18(28-2)10-8-16/h3-12,17,21,25,27H,13-15H2,1-2H3/t17-,21+/m1/s1. The molecule has 0 unspecified atom stereocenters. The molecule has 2 atom stereocenters. The van der Waals surface area contributed by atoms with Crippen molar-refractivity contribution in [3.05, 3.63) is 83.7 Å². The molecule has 0 aliphatic heterocycles. The van der Waals surface area contributed by atoms with Gasteiger partial charge in [-0.2, -0.15) is 0 Å². The fourth-order valence-corrected chi connectivity index (χ4v) is 3.05. The molecule has 7 heteroatoms. The molecule has 0 spiro atoms. The molecular weight excluding hydrogens is 373 g/mol. The lowest BCUT2D eigenvalue weighted by atomic mass is 10.1. The summed E-state index contributed by atoms with van der Waals surface area (Å²) in [7, 11) is 3.47. The molecule has 2 aromatic carbocycles. The van der Waals surface area contributed by atoms with E-state index in [1.54, 1.807) is 37.7 Å². The average Bonchev–Trinajstić information content (AvgIpc) is 3.15. The van der Waals surface area contributed by atoms with Gasteiger partial charge in [0.2, 0.25) is 0 Å². The number of aliphatic hydroxyl groups excluding tert-OH is 1. The highest BCUT2D eigenvalue weighted by molar-refractivity contribution is 5.27. The van der Waals surface area contributed by atoms with E-state index in [4.69, 9.17) is 9.47 Å². The number of aliphatic hydroxyl groups is 1. The minimum atomic E-state index is -0.747. The molecule has 6 nitrogen and oxygen atoms in total. The van der Waals surface area contributed by atoms with Gasteiger partial charge in [0.25, 0.3) is 0 Å². The van der Waals surface area contributed by atoms with Crippen LogP contribution in [0.5, 0.6) is 5.75 Å². The number of ether oxygens (including phenoxy) is 2. The van der Waals surface area contributed by atoms with Crippen molar-refractivity contribution in [2.24, 2.45) is 7.05 Å². The van der Waals surface area contributed by atoms with Crippen LogP contribution in [0.1, 0.15) is 23.0 Å². The largest absolute Gasteiger partial charge is 0.497 e. The van der Waals surface area contributed by atoms with Crippen LogP contribution in [0.2, 0.25) is 0 Å². The first-order valence-electron chi connectivity index (χ1n) is 9.42. The van der Waals surface area contributed by atoms with E-state index in [0.29, 0.717) is 18.0 Å². The van der Waals surface area contributed by atoms with Gasteiger partial charge in [-0.3, -0.25) is 0 Å². The number of methoxy groups -OCH3 is 1. The summed E-state index contributed by atoms with van der Waals surface area (Å²) in [5, 5.41) is 13.5. The first kappa shape index (κ1) is 21.0. The summed E-state index contributed by atoms with van der Waals surface area (Å²) in [6.07, 6.45) is 2.72. The molecule has 0 aliphatic rings. The van der Waals surface area contributed by atoms with E-state index < -0.39 is 12.1 Å². The zero-order valence-electron chi connectivity index (χ0n) is 16.6. The van der Waals surface area contributed by atoms with E-state index in [1.807, 2.05) is 35.9 Å². The maximum Gasteiger partial charge on any atom is 0.130 e. The van der Waals surface area contributed by atoms with Gasteiger partial charge in [-0.15, -0.1) is 0 Å². The summed E-state index contributed by atoms with van der Waals surface area (Å²) in [6.45, 7) is 0.773. The van der Waals surface area contributed by atoms with E-state index in [0.717, 1.165) is 11.3 Å². The second-order valence-corrected chi connectivity index (χ2v) is 6.78. The maximum absolute atomic E-state index is 14.4. The molecule has 3 aromatic rings. The Kier molecular flexibility index (Phi) is 7.35. The van der Waals surface area contributed by atoms with Crippen molar-refractivity contribution in [1.82, 2.24) is 14.9 Å². The van der Waals surface area contributed by atoms with Gasteiger partial charge >= 0.3 is 0 Å². The Morgan fingerprint density at radius 3 is 2.59 bits per heavy atom. The molecule has 0 saturated heterocycles. The predicted octanol–water partition coefficient (Wildman–Crippen LogP) is 2.82. The highest BCUT2D eigenvalue weighted by Crippen LogP contribution is 2.23. The smallest absolute Gasteiger partial charge is 0.130 e. The lowest BCUT2D eigenvalue weighted by Crippen LogP contribution is -2.35. The van der Waals surface area contributed by atoms with Crippen LogP contribution in [-0.2, 0) is 18.4 Å². The Morgan fingerprint density at radius 2 is 1.93 bits per heavy atom. The minimum Gasteiger partial charge on any atom is -0.497 e. The zero-order chi connectivity index (χ0) is 20.6. The number of aromatic nitrogens is 2. The van der Waals surface area contributed by atoms with Gasteiger partial charge in [-0.25, -0.2) is 9.37 Å². The van der Waals surface area contributed by atoms with Gasteiger partial charge in [0.15, 0.2) is 0 Å². The van der Waals surface area contributed by atoms with Crippen molar-refractivity contribution in [2.45, 2.75) is 18.8 Å². The number of aryl methyl sites for hydroxylation is 1. The van der Waals surface area contributed by atoms with Gasteiger partial charge in [-0.1, -0.05) is 30.3 Å². The Labute approximate surface area is 169 Å². The molecule has 3 rings (SSSR count). The third-order valence-electron chi connectivity index (χ3n) is 4.63. The fourth-order valence-electron chi connectivity index (χ4n) is 3.05. The monoisotopic (exact) mass is 399 g/mol. The summed E-state index contributed by atoms with van der Waals surface area (Å²) < 4.78 is 26.9. The SMILES string of the molecule is COc1ccc(COC[C@H](O)CN[C@@H](c2ccccc2F)c2nccn2C)cc1. The van der Waals surface area contributed by atoms with Gasteiger partial charge in [-0.05, 0) is 23.8 Å². The van der Waals surface area contributed by atoms with Crippen molar-refractivity contribution >= 4 is 0 Å². The van der Waals surface area contributed by atoms with E-state index in [2.05, 4.69) is 10.3 Å². The van der Waals surface area contributed by atoms with E-state index >= 15 is 0 Å². The molecule has 1 heterocycles. The van der Waals surface area contributed by atoms with Crippen LogP contribution in [0.4, 0.5) is 4.39 Å². The lowest BCUT2D eigenvalue weighted by molar-refractivity contribution is 0.0279. The van der Waals surface area contributed by atoms with Crippen LogP contribution in [-0.4, -0.2) is 41.0 Å². The van der Waals surface area contributed by atoms with Crippen molar-refractivity contribution < 1.29 is 19.0 Å². The Hall–Kier alpha value is -2.74. The quantitative estimate of drug-likeness (QED) is 0.549. The topological polar surface area (TPSA) is 68.5 Å². The number of nitrogens with one attached hydrogen (secondary N) is 1. The average molecular weight is 399 g/mol. The van der Waals surface area contributed by atoms with Gasteiger partial charge in [0.1, 0.15) is 17.4 Å². The third-order valence-corrected chi connectivity index (χ3v) is 4.63. The van der Waals surface area contributed by atoms with Crippen molar-refractivity contribution in [2.75, 3.05) is 20.3 Å². The van der Waals surface area contributed by atoms with E-state index in [9.17, 15) is 9.50 Å². The van der Waals surface area contributed by atoms with Crippen molar-refractivity contribution in [1.29, 1.82) is 0 Å². The number of benzene rings is 2. The summed E-state index contributed by atoms with van der Waals surface area (Å²) in [4.78, 5) is 4.34. The first-order chi connectivity index (χ1) is 14.1. The van der Waals surface area contributed by atoms with Crippen LogP contribution in [0.15, 0.2) is 60.9 Å². The summed E-state index contributed by atoms with van der Waals surface area (Å²) >= 11 is 0. The first-order valence-corrected chi connectivity index (χ1v) is 9.42. The van der Waals surface area contributed by atoms with Crippen molar-refractivity contribution in [3.8, 4) is 5.75 Å². The normalized spacial score (nSPS) is 13.2. The second kappa shape index (κ2) is 10.2. The van der Waals surface area contributed by atoms with Crippen LogP contribution >= 0.6 is 0 Å². The zero-order valence-corrected chi connectivity index (χ0v) is 16.6. The molecule has 0 bridgehead atoms. The molecular formula is C22H26FN3O3. The number of imidazole rings is 1. The van der Waals surface area contributed by atoms with E-state index in [1.165, 1.54) is 6.07 Å². The van der Waals surface area contributed by atoms with Crippen LogP contribution < -0.4 is 10.1 Å². The molecule has 0 saturated carbocycles. The summed E-state index contributed by atoms with van der Waals surface area (Å²) in [5.41, 5.74) is 1.47. The van der Waals surface area contributed by atoms with Gasteiger partial charge in [0.05, 0.1) is 32.5 Å². The van der Waals surface area contributed by atoms with Crippen LogP contribution in [0.3, 0.4) is 0 Å². The van der Waals surface area contributed by atoms with Gasteiger partial charge in [0, 0.05) is 31.5 Å². The maximum atomic E-state index is 14.4. The number of nitrogens with zero attached hydrogens (tertiary/aromatic N) is 2. The Morgan fingerprint density at radius 1 is 1.17 bits per heavy atom. The third kappa shape index (κ3) is 5.63. The van der Waals surface area contributed by atoms with Crippen LogP contribution in [0.25, 0.3) is 0 Å². The molecule has 1 aromatic heterocycles. The molecule has 29 heavy (non-hydrogen) atoms.